The van der Waals surface area contributed by atoms with Crippen molar-refractivity contribution in [3.8, 4) is 0 Å². The van der Waals surface area contributed by atoms with Gasteiger partial charge in [-0.3, -0.25) is 0 Å². The fourth-order valence-corrected chi connectivity index (χ4v) is 3.38. The van der Waals surface area contributed by atoms with E-state index in [0.29, 0.717) is 18.8 Å². The maximum atomic E-state index is 11.7. The number of sulfonamides is 1. The van der Waals surface area contributed by atoms with Gasteiger partial charge < -0.3 is 5.11 Å². The van der Waals surface area contributed by atoms with Crippen LogP contribution in [0.4, 0.5) is 0 Å². The van der Waals surface area contributed by atoms with Crippen LogP contribution in [0, 0.1) is 11.8 Å². The summed E-state index contributed by atoms with van der Waals surface area (Å²) in [5.74, 6) is 0.576. The molecule has 0 aliphatic carbocycles. The minimum Gasteiger partial charge on any atom is -0.396 e. The van der Waals surface area contributed by atoms with Crippen molar-refractivity contribution in [1.82, 2.24) is 4.72 Å². The van der Waals surface area contributed by atoms with Crippen LogP contribution in [-0.4, -0.2) is 38.3 Å². The molecule has 0 aliphatic heterocycles. The van der Waals surface area contributed by atoms with Crippen molar-refractivity contribution < 1.29 is 13.5 Å². The molecule has 0 amide bonds. The van der Waals surface area contributed by atoms with Crippen LogP contribution < -0.4 is 4.72 Å². The number of halogens is 1. The van der Waals surface area contributed by atoms with Gasteiger partial charge in [-0.2, -0.15) is 0 Å². The summed E-state index contributed by atoms with van der Waals surface area (Å²) >= 11 is 5.59. The van der Waals surface area contributed by atoms with Crippen molar-refractivity contribution >= 4 is 21.6 Å². The fourth-order valence-electron chi connectivity index (χ4n) is 1.66. The van der Waals surface area contributed by atoms with Crippen molar-refractivity contribution in [2.75, 3.05) is 24.8 Å². The van der Waals surface area contributed by atoms with E-state index in [-0.39, 0.29) is 24.2 Å². The topological polar surface area (TPSA) is 66.4 Å². The average Bonchev–Trinajstić information content (AvgIpc) is 2.26. The van der Waals surface area contributed by atoms with Crippen LogP contribution >= 0.6 is 11.6 Å². The zero-order valence-corrected chi connectivity index (χ0v) is 12.2. The lowest BCUT2D eigenvalue weighted by molar-refractivity contribution is 0.251. The molecule has 0 radical (unpaired) electrons. The normalized spacial score (nSPS) is 15.8. The maximum Gasteiger partial charge on any atom is 0.211 e. The van der Waals surface area contributed by atoms with E-state index in [1.54, 1.807) is 0 Å². The fraction of sp³-hybridized carbons (Fsp3) is 1.00. The summed E-state index contributed by atoms with van der Waals surface area (Å²) in [5, 5.41) is 8.88. The van der Waals surface area contributed by atoms with E-state index in [2.05, 4.69) is 11.6 Å². The SMILES string of the molecule is CCCC(CCO)CNS(=O)(=O)CC(C)CCl. The first-order valence-corrected chi connectivity index (χ1v) is 8.28. The van der Waals surface area contributed by atoms with Gasteiger partial charge in [-0.15, -0.1) is 11.6 Å². The van der Waals surface area contributed by atoms with Crippen molar-refractivity contribution in [2.45, 2.75) is 33.1 Å². The van der Waals surface area contributed by atoms with Gasteiger partial charge in [0.2, 0.25) is 10.0 Å². The Bertz CT molecular complexity index is 276. The molecule has 0 aromatic rings. The monoisotopic (exact) mass is 285 g/mol. The van der Waals surface area contributed by atoms with Gasteiger partial charge in [0.05, 0.1) is 5.75 Å². The van der Waals surface area contributed by atoms with Gasteiger partial charge in [0, 0.05) is 19.0 Å². The molecule has 0 spiro atoms. The van der Waals surface area contributed by atoms with Crippen LogP contribution in [0.25, 0.3) is 0 Å². The van der Waals surface area contributed by atoms with Crippen molar-refractivity contribution in [2.24, 2.45) is 11.8 Å². The molecular weight excluding hydrogens is 262 g/mol. The van der Waals surface area contributed by atoms with Gasteiger partial charge in [-0.1, -0.05) is 20.3 Å². The molecule has 4 nitrogen and oxygen atoms in total. The van der Waals surface area contributed by atoms with Crippen molar-refractivity contribution in [1.29, 1.82) is 0 Å². The Labute approximate surface area is 110 Å². The van der Waals surface area contributed by atoms with Gasteiger partial charge in [-0.05, 0) is 24.7 Å². The maximum absolute atomic E-state index is 11.7. The van der Waals surface area contributed by atoms with E-state index in [4.69, 9.17) is 16.7 Å². The van der Waals surface area contributed by atoms with E-state index in [0.717, 1.165) is 12.8 Å². The predicted molar refractivity (Wildman–Crippen MR) is 71.8 cm³/mol. The van der Waals surface area contributed by atoms with Gasteiger partial charge in [-0.25, -0.2) is 13.1 Å². The highest BCUT2D eigenvalue weighted by molar-refractivity contribution is 7.89. The van der Waals surface area contributed by atoms with E-state index in [9.17, 15) is 8.42 Å². The van der Waals surface area contributed by atoms with Gasteiger partial charge in [0.25, 0.3) is 0 Å². The number of rotatable bonds is 10. The van der Waals surface area contributed by atoms with Crippen molar-refractivity contribution in [3.63, 3.8) is 0 Å². The summed E-state index contributed by atoms with van der Waals surface area (Å²) < 4.78 is 26.0. The zero-order chi connectivity index (χ0) is 13.3. The molecule has 17 heavy (non-hydrogen) atoms. The first kappa shape index (κ1) is 17.2. The van der Waals surface area contributed by atoms with E-state index in [1.807, 2.05) is 6.92 Å². The van der Waals surface area contributed by atoms with Crippen LogP contribution in [0.5, 0.6) is 0 Å². The molecule has 2 N–H and O–H groups in total. The summed E-state index contributed by atoms with van der Waals surface area (Å²) in [5.41, 5.74) is 0. The summed E-state index contributed by atoms with van der Waals surface area (Å²) in [6.45, 7) is 4.37. The van der Waals surface area contributed by atoms with E-state index < -0.39 is 10.0 Å². The highest BCUT2D eigenvalue weighted by Crippen LogP contribution is 2.10. The van der Waals surface area contributed by atoms with Gasteiger partial charge in [0.15, 0.2) is 0 Å². The molecule has 6 heteroatoms. The van der Waals surface area contributed by atoms with Gasteiger partial charge in [0.1, 0.15) is 0 Å². The zero-order valence-electron chi connectivity index (χ0n) is 10.7. The van der Waals surface area contributed by atoms with E-state index >= 15 is 0 Å². The molecule has 0 fully saturated rings. The highest BCUT2D eigenvalue weighted by Gasteiger charge is 2.17. The molecule has 2 unspecified atom stereocenters. The van der Waals surface area contributed by atoms with Gasteiger partial charge >= 0.3 is 0 Å². The lowest BCUT2D eigenvalue weighted by Crippen LogP contribution is -2.33. The smallest absolute Gasteiger partial charge is 0.211 e. The number of aliphatic hydroxyl groups excluding tert-OH is 1. The summed E-state index contributed by atoms with van der Waals surface area (Å²) in [7, 11) is -3.24. The van der Waals surface area contributed by atoms with Crippen LogP contribution in [0.1, 0.15) is 33.1 Å². The summed E-state index contributed by atoms with van der Waals surface area (Å²) in [6, 6.07) is 0. The molecule has 0 saturated heterocycles. The molecule has 0 aromatic carbocycles. The minimum absolute atomic E-state index is 0.0448. The van der Waals surface area contributed by atoms with Crippen molar-refractivity contribution in [3.05, 3.63) is 0 Å². The second kappa shape index (κ2) is 9.14. The molecule has 2 atom stereocenters. The Morgan fingerprint density at radius 3 is 2.47 bits per heavy atom. The highest BCUT2D eigenvalue weighted by atomic mass is 35.5. The second-order valence-corrected chi connectivity index (χ2v) is 6.72. The van der Waals surface area contributed by atoms with Crippen LogP contribution in [0.3, 0.4) is 0 Å². The quantitative estimate of drug-likeness (QED) is 0.599. The molecule has 0 bridgehead atoms. The molecule has 0 aromatic heterocycles. The molecule has 104 valence electrons. The Balaban J connectivity index is 4.13. The molecule has 0 saturated carbocycles. The Hall–Kier alpha value is 0.160. The largest absolute Gasteiger partial charge is 0.396 e. The van der Waals surface area contributed by atoms with Crippen LogP contribution in [0.2, 0.25) is 0 Å². The third-order valence-electron chi connectivity index (χ3n) is 2.59. The number of aliphatic hydroxyl groups is 1. The number of nitrogens with one attached hydrogen (secondary N) is 1. The Morgan fingerprint density at radius 1 is 1.35 bits per heavy atom. The number of hydrogen-bond acceptors (Lipinski definition) is 3. The average molecular weight is 286 g/mol. The standard InChI is InChI=1S/C11H24ClNO3S/c1-3-4-11(5-6-14)8-13-17(15,16)9-10(2)7-12/h10-11,13-14H,3-9H2,1-2H3. The molecule has 0 aliphatic rings. The summed E-state index contributed by atoms with van der Waals surface area (Å²) in [6.07, 6.45) is 2.56. The lowest BCUT2D eigenvalue weighted by Gasteiger charge is -2.16. The molecule has 0 rings (SSSR count). The van der Waals surface area contributed by atoms with E-state index in [1.165, 1.54) is 0 Å². The number of hydrogen-bond donors (Lipinski definition) is 2. The minimum atomic E-state index is -3.24. The second-order valence-electron chi connectivity index (χ2n) is 4.56. The summed E-state index contributed by atoms with van der Waals surface area (Å²) in [4.78, 5) is 0. The first-order chi connectivity index (χ1) is 7.95. The lowest BCUT2D eigenvalue weighted by atomic mass is 10.0. The number of alkyl halides is 1. The molecule has 0 heterocycles. The molecular formula is C11H24ClNO3S. The third-order valence-corrected chi connectivity index (χ3v) is 4.73. The Kier molecular flexibility index (Phi) is 9.22. The first-order valence-electron chi connectivity index (χ1n) is 6.09. The Morgan fingerprint density at radius 2 is 2.00 bits per heavy atom. The van der Waals surface area contributed by atoms with Crippen LogP contribution in [-0.2, 0) is 10.0 Å². The van der Waals surface area contributed by atoms with Crippen LogP contribution in [0.15, 0.2) is 0 Å². The predicted octanol–water partition coefficient (Wildman–Crippen LogP) is 1.58. The third kappa shape index (κ3) is 8.83.